The molecular weight excluding hydrogens is 290 g/mol. The minimum absolute atomic E-state index is 0.569. The number of methoxy groups -OCH3 is 1. The summed E-state index contributed by atoms with van der Waals surface area (Å²) in [4.78, 5) is 0. The van der Waals surface area contributed by atoms with E-state index in [9.17, 15) is 0 Å². The lowest BCUT2D eigenvalue weighted by Crippen LogP contribution is -2.39. The van der Waals surface area contributed by atoms with Crippen LogP contribution < -0.4 is 10.1 Å². The number of ether oxygens (including phenoxy) is 1. The summed E-state index contributed by atoms with van der Waals surface area (Å²) >= 11 is 3.51. The number of halogens is 1. The molecule has 2 nitrogen and oxygen atoms in total. The smallest absolute Gasteiger partial charge is 0.123 e. The van der Waals surface area contributed by atoms with Gasteiger partial charge in [0.1, 0.15) is 5.75 Å². The highest BCUT2D eigenvalue weighted by Crippen LogP contribution is 2.43. The predicted octanol–water partition coefficient (Wildman–Crippen LogP) is 4.13. The first-order valence-electron chi connectivity index (χ1n) is 6.72. The van der Waals surface area contributed by atoms with Crippen LogP contribution in [-0.4, -0.2) is 13.7 Å². The number of benzene rings is 1. The molecule has 0 saturated heterocycles. The van der Waals surface area contributed by atoms with E-state index in [2.05, 4.69) is 34.2 Å². The molecule has 0 aromatic heterocycles. The molecule has 1 N–H and O–H groups in total. The maximum absolute atomic E-state index is 5.39. The zero-order chi connectivity index (χ0) is 13.0. The molecule has 0 heterocycles. The number of nitrogens with one attached hydrogen (secondary N) is 1. The van der Waals surface area contributed by atoms with Crippen molar-refractivity contribution < 1.29 is 4.74 Å². The van der Waals surface area contributed by atoms with E-state index in [1.807, 2.05) is 12.1 Å². The molecule has 0 radical (unpaired) electrons. The van der Waals surface area contributed by atoms with Crippen molar-refractivity contribution in [2.45, 2.75) is 39.2 Å². The summed E-state index contributed by atoms with van der Waals surface area (Å²) in [6.45, 7) is 4.31. The van der Waals surface area contributed by atoms with Crippen LogP contribution in [0.1, 0.15) is 38.2 Å². The quantitative estimate of drug-likeness (QED) is 0.853. The maximum Gasteiger partial charge on any atom is 0.123 e. The Kier molecular flexibility index (Phi) is 4.68. The van der Waals surface area contributed by atoms with Crippen molar-refractivity contribution in [3.63, 3.8) is 0 Å². The molecule has 1 aromatic carbocycles. The van der Waals surface area contributed by atoms with Gasteiger partial charge >= 0.3 is 0 Å². The van der Waals surface area contributed by atoms with Gasteiger partial charge in [-0.25, -0.2) is 0 Å². The molecule has 0 bridgehead atoms. The summed E-state index contributed by atoms with van der Waals surface area (Å²) < 4.78 is 6.49. The van der Waals surface area contributed by atoms with Crippen LogP contribution in [0.2, 0.25) is 0 Å². The van der Waals surface area contributed by atoms with E-state index in [4.69, 9.17) is 4.74 Å². The molecule has 0 amide bonds. The van der Waals surface area contributed by atoms with Gasteiger partial charge in [0.2, 0.25) is 0 Å². The largest absolute Gasteiger partial charge is 0.496 e. The van der Waals surface area contributed by atoms with Gasteiger partial charge < -0.3 is 10.1 Å². The third kappa shape index (κ3) is 3.07. The molecule has 0 unspecified atom stereocenters. The molecule has 100 valence electrons. The molecule has 3 heteroatoms. The van der Waals surface area contributed by atoms with E-state index in [1.54, 1.807) is 7.11 Å². The SMILES string of the molecule is CCC1(CNCc2cc(Br)ccc2OC)CCC1. The lowest BCUT2D eigenvalue weighted by Gasteiger charge is -2.41. The zero-order valence-corrected chi connectivity index (χ0v) is 12.8. The fourth-order valence-corrected chi connectivity index (χ4v) is 3.09. The van der Waals surface area contributed by atoms with Gasteiger partial charge in [0, 0.05) is 23.1 Å². The van der Waals surface area contributed by atoms with Crippen LogP contribution in [0.15, 0.2) is 22.7 Å². The van der Waals surface area contributed by atoms with Crippen LogP contribution in [0.4, 0.5) is 0 Å². The molecule has 0 aliphatic heterocycles. The Morgan fingerprint density at radius 2 is 2.17 bits per heavy atom. The van der Waals surface area contributed by atoms with E-state index in [0.29, 0.717) is 5.41 Å². The molecule has 1 aliphatic carbocycles. The lowest BCUT2D eigenvalue weighted by molar-refractivity contribution is 0.123. The molecule has 0 atom stereocenters. The van der Waals surface area contributed by atoms with E-state index in [-0.39, 0.29) is 0 Å². The summed E-state index contributed by atoms with van der Waals surface area (Å²) in [5, 5.41) is 3.60. The molecule has 1 aliphatic rings. The van der Waals surface area contributed by atoms with Crippen molar-refractivity contribution in [2.75, 3.05) is 13.7 Å². The van der Waals surface area contributed by atoms with Gasteiger partial charge in [0.25, 0.3) is 0 Å². The molecule has 1 fully saturated rings. The molecule has 1 saturated carbocycles. The van der Waals surface area contributed by atoms with Crippen molar-refractivity contribution in [2.24, 2.45) is 5.41 Å². The molecule has 1 aromatic rings. The second-order valence-corrected chi connectivity index (χ2v) is 6.18. The Hall–Kier alpha value is -0.540. The first-order chi connectivity index (χ1) is 8.69. The van der Waals surface area contributed by atoms with Crippen LogP contribution in [0.25, 0.3) is 0 Å². The number of hydrogen-bond donors (Lipinski definition) is 1. The third-order valence-electron chi connectivity index (χ3n) is 4.22. The monoisotopic (exact) mass is 311 g/mol. The topological polar surface area (TPSA) is 21.3 Å². The number of rotatable bonds is 6. The van der Waals surface area contributed by atoms with Gasteiger partial charge in [-0.3, -0.25) is 0 Å². The zero-order valence-electron chi connectivity index (χ0n) is 11.3. The molecular formula is C15H22BrNO. The molecule has 2 rings (SSSR count). The first kappa shape index (κ1) is 13.9. The van der Waals surface area contributed by atoms with Crippen LogP contribution in [0, 0.1) is 5.41 Å². The van der Waals surface area contributed by atoms with E-state index >= 15 is 0 Å². The highest BCUT2D eigenvalue weighted by Gasteiger charge is 2.34. The van der Waals surface area contributed by atoms with Crippen LogP contribution in [0.5, 0.6) is 5.75 Å². The van der Waals surface area contributed by atoms with Gasteiger partial charge in [-0.15, -0.1) is 0 Å². The average Bonchev–Trinajstić information content (AvgIpc) is 2.33. The summed E-state index contributed by atoms with van der Waals surface area (Å²) in [6.07, 6.45) is 5.45. The second kappa shape index (κ2) is 6.07. The second-order valence-electron chi connectivity index (χ2n) is 5.27. The Bertz CT molecular complexity index is 396. The highest BCUT2D eigenvalue weighted by molar-refractivity contribution is 9.10. The summed E-state index contributed by atoms with van der Waals surface area (Å²) in [5.74, 6) is 0.963. The van der Waals surface area contributed by atoms with Gasteiger partial charge in [-0.2, -0.15) is 0 Å². The van der Waals surface area contributed by atoms with E-state index in [1.165, 1.54) is 31.2 Å². The Morgan fingerprint density at radius 3 is 2.72 bits per heavy atom. The standard InChI is InChI=1S/C15H22BrNO/c1-3-15(7-4-8-15)11-17-10-12-9-13(16)5-6-14(12)18-2/h5-6,9,17H,3-4,7-8,10-11H2,1-2H3. The minimum atomic E-state index is 0.569. The summed E-state index contributed by atoms with van der Waals surface area (Å²) in [6, 6.07) is 6.16. The van der Waals surface area contributed by atoms with Gasteiger partial charge in [0.05, 0.1) is 7.11 Å². The van der Waals surface area contributed by atoms with Crippen molar-refractivity contribution in [1.29, 1.82) is 0 Å². The fraction of sp³-hybridized carbons (Fsp3) is 0.600. The first-order valence-corrected chi connectivity index (χ1v) is 7.51. The summed E-state index contributed by atoms with van der Waals surface area (Å²) in [5.41, 5.74) is 1.79. The van der Waals surface area contributed by atoms with Crippen molar-refractivity contribution in [3.05, 3.63) is 28.2 Å². The van der Waals surface area contributed by atoms with Crippen molar-refractivity contribution in [3.8, 4) is 5.75 Å². The van der Waals surface area contributed by atoms with Crippen LogP contribution in [0.3, 0.4) is 0 Å². The van der Waals surface area contributed by atoms with E-state index < -0.39 is 0 Å². The van der Waals surface area contributed by atoms with Gasteiger partial charge in [0.15, 0.2) is 0 Å². The maximum atomic E-state index is 5.39. The summed E-state index contributed by atoms with van der Waals surface area (Å²) in [7, 11) is 1.73. The third-order valence-corrected chi connectivity index (χ3v) is 4.72. The molecule has 0 spiro atoms. The number of hydrogen-bond acceptors (Lipinski definition) is 2. The van der Waals surface area contributed by atoms with Crippen LogP contribution >= 0.6 is 15.9 Å². The van der Waals surface area contributed by atoms with Crippen LogP contribution in [-0.2, 0) is 6.54 Å². The Balaban J connectivity index is 1.91. The normalized spacial score (nSPS) is 17.3. The fourth-order valence-electron chi connectivity index (χ4n) is 2.68. The lowest BCUT2D eigenvalue weighted by atomic mass is 9.67. The van der Waals surface area contributed by atoms with Gasteiger partial charge in [-0.1, -0.05) is 29.3 Å². The highest BCUT2D eigenvalue weighted by atomic mass is 79.9. The van der Waals surface area contributed by atoms with E-state index in [0.717, 1.165) is 23.3 Å². The van der Waals surface area contributed by atoms with Crippen molar-refractivity contribution in [1.82, 2.24) is 5.32 Å². The molecule has 18 heavy (non-hydrogen) atoms. The van der Waals surface area contributed by atoms with Gasteiger partial charge in [-0.05, 0) is 42.9 Å². The Labute approximate surface area is 118 Å². The minimum Gasteiger partial charge on any atom is -0.496 e. The average molecular weight is 312 g/mol. The Morgan fingerprint density at radius 1 is 1.39 bits per heavy atom. The predicted molar refractivity (Wildman–Crippen MR) is 79.0 cm³/mol. The van der Waals surface area contributed by atoms with Crippen molar-refractivity contribution >= 4 is 15.9 Å².